The van der Waals surface area contributed by atoms with Crippen LogP contribution in [0.3, 0.4) is 0 Å². The third-order valence-electron chi connectivity index (χ3n) is 4.27. The van der Waals surface area contributed by atoms with Gasteiger partial charge in [0.25, 0.3) is 5.91 Å². The van der Waals surface area contributed by atoms with Gasteiger partial charge in [-0.1, -0.05) is 6.07 Å². The second-order valence-electron chi connectivity index (χ2n) is 6.02. The van der Waals surface area contributed by atoms with Crippen LogP contribution in [-0.2, 0) is 0 Å². The molecule has 0 aliphatic carbocycles. The van der Waals surface area contributed by atoms with Crippen LogP contribution in [0.5, 0.6) is 11.5 Å². The van der Waals surface area contributed by atoms with Gasteiger partial charge in [-0.15, -0.1) is 11.3 Å². The Morgan fingerprint density at radius 2 is 2.25 bits per heavy atom. The summed E-state index contributed by atoms with van der Waals surface area (Å²) in [5.41, 5.74) is 2.55. The summed E-state index contributed by atoms with van der Waals surface area (Å²) >= 11 is 1.42. The Morgan fingerprint density at radius 3 is 3.00 bits per heavy atom. The minimum Gasteiger partial charge on any atom is -0.497 e. The molecule has 0 N–H and O–H groups in total. The van der Waals surface area contributed by atoms with Gasteiger partial charge in [-0.05, 0) is 31.9 Å². The van der Waals surface area contributed by atoms with Gasteiger partial charge >= 0.3 is 0 Å². The minimum atomic E-state index is 0.0982. The van der Waals surface area contributed by atoms with Gasteiger partial charge in [0.15, 0.2) is 0 Å². The summed E-state index contributed by atoms with van der Waals surface area (Å²) in [5, 5.41) is 0. The number of methoxy groups -OCH3 is 1. The maximum absolute atomic E-state index is 12.6. The fourth-order valence-corrected chi connectivity index (χ4v) is 3.71. The lowest BCUT2D eigenvalue weighted by Gasteiger charge is -2.32. The van der Waals surface area contributed by atoms with E-state index < -0.39 is 0 Å². The zero-order chi connectivity index (χ0) is 16.9. The number of benzene rings is 1. The van der Waals surface area contributed by atoms with E-state index in [1.54, 1.807) is 12.6 Å². The van der Waals surface area contributed by atoms with E-state index >= 15 is 0 Å². The van der Waals surface area contributed by atoms with E-state index in [1.807, 2.05) is 36.1 Å². The highest BCUT2D eigenvalue weighted by Crippen LogP contribution is 2.24. The molecular weight excluding hydrogens is 324 g/mol. The molecule has 5 nitrogen and oxygen atoms in total. The Bertz CT molecular complexity index is 701. The monoisotopic (exact) mass is 346 g/mol. The number of aromatic nitrogens is 1. The molecule has 1 saturated heterocycles. The molecule has 1 aromatic heterocycles. The maximum atomic E-state index is 12.6. The minimum absolute atomic E-state index is 0.0982. The molecule has 0 unspecified atom stereocenters. The van der Waals surface area contributed by atoms with Crippen molar-refractivity contribution in [3.63, 3.8) is 0 Å². The van der Waals surface area contributed by atoms with Crippen LogP contribution in [-0.4, -0.2) is 42.6 Å². The molecule has 1 aliphatic heterocycles. The van der Waals surface area contributed by atoms with Crippen molar-refractivity contribution in [1.29, 1.82) is 0 Å². The fraction of sp³-hybridized carbons (Fsp3) is 0.444. The van der Waals surface area contributed by atoms with Gasteiger partial charge in [-0.3, -0.25) is 4.79 Å². The summed E-state index contributed by atoms with van der Waals surface area (Å²) in [7, 11) is 1.64. The summed E-state index contributed by atoms with van der Waals surface area (Å²) in [6, 6.07) is 7.62. The van der Waals surface area contributed by atoms with Crippen molar-refractivity contribution in [3.8, 4) is 11.5 Å². The first-order valence-electron chi connectivity index (χ1n) is 8.13. The SMILES string of the molecule is COc1cccc(OC[C@@H]2CCCN(C(=O)c3scnc3C)C2)c1. The van der Waals surface area contributed by atoms with E-state index in [9.17, 15) is 4.79 Å². The van der Waals surface area contributed by atoms with Crippen molar-refractivity contribution in [2.75, 3.05) is 26.8 Å². The number of thiazole rings is 1. The normalized spacial score (nSPS) is 17.6. The van der Waals surface area contributed by atoms with E-state index in [4.69, 9.17) is 9.47 Å². The predicted octanol–water partition coefficient (Wildman–Crippen LogP) is 3.39. The van der Waals surface area contributed by atoms with Crippen molar-refractivity contribution >= 4 is 17.2 Å². The molecule has 1 fully saturated rings. The predicted molar refractivity (Wildman–Crippen MR) is 94.0 cm³/mol. The Kier molecular flexibility index (Phi) is 5.35. The first-order valence-corrected chi connectivity index (χ1v) is 9.01. The van der Waals surface area contributed by atoms with Crippen LogP contribution in [0.25, 0.3) is 0 Å². The number of aryl methyl sites for hydroxylation is 1. The Morgan fingerprint density at radius 1 is 1.42 bits per heavy atom. The van der Waals surface area contributed by atoms with Crippen LogP contribution in [0, 0.1) is 12.8 Å². The molecule has 0 saturated carbocycles. The van der Waals surface area contributed by atoms with Gasteiger partial charge in [0.05, 0.1) is 24.9 Å². The third kappa shape index (κ3) is 3.87. The number of rotatable bonds is 5. The summed E-state index contributed by atoms with van der Waals surface area (Å²) in [6.45, 7) is 4.04. The smallest absolute Gasteiger partial charge is 0.265 e. The second-order valence-corrected chi connectivity index (χ2v) is 6.87. The van der Waals surface area contributed by atoms with Gasteiger partial charge < -0.3 is 14.4 Å². The number of likely N-dealkylation sites (tertiary alicyclic amines) is 1. The van der Waals surface area contributed by atoms with Crippen molar-refractivity contribution in [1.82, 2.24) is 9.88 Å². The summed E-state index contributed by atoms with van der Waals surface area (Å²) in [5.74, 6) is 2.04. The number of amides is 1. The van der Waals surface area contributed by atoms with Crippen LogP contribution < -0.4 is 9.47 Å². The van der Waals surface area contributed by atoms with E-state index in [0.717, 1.165) is 48.0 Å². The van der Waals surface area contributed by atoms with Gasteiger partial charge in [0.1, 0.15) is 16.4 Å². The zero-order valence-electron chi connectivity index (χ0n) is 14.0. The van der Waals surface area contributed by atoms with Gasteiger partial charge in [-0.2, -0.15) is 0 Å². The number of piperidine rings is 1. The fourth-order valence-electron chi connectivity index (χ4n) is 2.94. The van der Waals surface area contributed by atoms with Crippen molar-refractivity contribution in [2.45, 2.75) is 19.8 Å². The number of ether oxygens (including phenoxy) is 2. The lowest BCUT2D eigenvalue weighted by Crippen LogP contribution is -2.41. The molecule has 3 rings (SSSR count). The second kappa shape index (κ2) is 7.66. The third-order valence-corrected chi connectivity index (χ3v) is 5.19. The van der Waals surface area contributed by atoms with Gasteiger partial charge in [0.2, 0.25) is 0 Å². The zero-order valence-corrected chi connectivity index (χ0v) is 14.8. The number of hydrogen-bond acceptors (Lipinski definition) is 5. The highest BCUT2D eigenvalue weighted by Gasteiger charge is 2.26. The van der Waals surface area contributed by atoms with Crippen LogP contribution in [0.15, 0.2) is 29.8 Å². The summed E-state index contributed by atoms with van der Waals surface area (Å²) in [4.78, 5) is 19.5. The van der Waals surface area contributed by atoms with E-state index in [0.29, 0.717) is 12.5 Å². The number of carbonyl (C=O) groups excluding carboxylic acids is 1. The molecule has 6 heteroatoms. The first kappa shape index (κ1) is 16.8. The topological polar surface area (TPSA) is 51.7 Å². The highest BCUT2D eigenvalue weighted by molar-refractivity contribution is 7.11. The highest BCUT2D eigenvalue weighted by atomic mass is 32.1. The summed E-state index contributed by atoms with van der Waals surface area (Å²) in [6.07, 6.45) is 2.09. The molecule has 2 aromatic rings. The lowest BCUT2D eigenvalue weighted by atomic mass is 9.98. The molecular formula is C18H22N2O3S. The van der Waals surface area contributed by atoms with Crippen LogP contribution in [0.1, 0.15) is 28.2 Å². The average Bonchev–Trinajstić information content (AvgIpc) is 3.05. The maximum Gasteiger partial charge on any atom is 0.265 e. The number of hydrogen-bond donors (Lipinski definition) is 0. The molecule has 0 bridgehead atoms. The van der Waals surface area contributed by atoms with Gasteiger partial charge in [0, 0.05) is 25.1 Å². The van der Waals surface area contributed by atoms with Crippen LogP contribution in [0.2, 0.25) is 0 Å². The molecule has 1 aliphatic rings. The van der Waals surface area contributed by atoms with E-state index in [-0.39, 0.29) is 5.91 Å². The molecule has 0 radical (unpaired) electrons. The molecule has 2 heterocycles. The van der Waals surface area contributed by atoms with Crippen LogP contribution >= 0.6 is 11.3 Å². The summed E-state index contributed by atoms with van der Waals surface area (Å²) < 4.78 is 11.1. The lowest BCUT2D eigenvalue weighted by molar-refractivity contribution is 0.0637. The first-order chi connectivity index (χ1) is 11.7. The van der Waals surface area contributed by atoms with Gasteiger partial charge in [-0.25, -0.2) is 4.98 Å². The van der Waals surface area contributed by atoms with E-state index in [1.165, 1.54) is 11.3 Å². The average molecular weight is 346 g/mol. The van der Waals surface area contributed by atoms with Crippen molar-refractivity contribution < 1.29 is 14.3 Å². The Balaban J connectivity index is 1.57. The largest absolute Gasteiger partial charge is 0.497 e. The molecule has 1 aromatic carbocycles. The van der Waals surface area contributed by atoms with Crippen LogP contribution in [0.4, 0.5) is 0 Å². The standard InChI is InChI=1S/C18H22N2O3S/c1-13-17(24-12-19-13)18(21)20-8-4-5-14(10-20)11-23-16-7-3-6-15(9-16)22-2/h3,6-7,9,12,14H,4-5,8,10-11H2,1-2H3/t14-/m1/s1. The van der Waals surface area contributed by atoms with Crippen molar-refractivity contribution in [2.24, 2.45) is 5.92 Å². The number of carbonyl (C=O) groups is 1. The molecule has 1 amide bonds. The Hall–Kier alpha value is -2.08. The molecule has 1 atom stereocenters. The Labute approximate surface area is 146 Å². The van der Waals surface area contributed by atoms with Crippen molar-refractivity contribution in [3.05, 3.63) is 40.3 Å². The molecule has 24 heavy (non-hydrogen) atoms. The van der Waals surface area contributed by atoms with E-state index in [2.05, 4.69) is 4.98 Å². The molecule has 0 spiro atoms. The number of nitrogens with zero attached hydrogens (tertiary/aromatic N) is 2. The molecule has 128 valence electrons. The quantitative estimate of drug-likeness (QED) is 0.833.